The summed E-state index contributed by atoms with van der Waals surface area (Å²) in [4.78, 5) is 16.4. The summed E-state index contributed by atoms with van der Waals surface area (Å²) >= 11 is 0. The molecule has 140 valence electrons. The van der Waals surface area contributed by atoms with E-state index in [-0.39, 0.29) is 11.1 Å². The Morgan fingerprint density at radius 2 is 1.92 bits per heavy atom. The highest BCUT2D eigenvalue weighted by Crippen LogP contribution is 2.24. The molecule has 2 heterocycles. The smallest absolute Gasteiger partial charge is 0.253 e. The van der Waals surface area contributed by atoms with Crippen molar-refractivity contribution < 1.29 is 13.2 Å². The van der Waals surface area contributed by atoms with Crippen LogP contribution in [0.5, 0.6) is 0 Å². The molecule has 3 rings (SSSR count). The second kappa shape index (κ2) is 7.06. The molecule has 1 aromatic heterocycles. The monoisotopic (exact) mass is 377 g/mol. The number of rotatable bonds is 4. The first-order valence-electron chi connectivity index (χ1n) is 8.45. The lowest BCUT2D eigenvalue weighted by atomic mass is 10.1. The standard InChI is InChI=1S/C17H23N5O3S/c1-20(2)14-6-4-5-13(11-14)16(23)22-9-7-15(8-10-22)26(24,25)17-19-18-12-21(17)3/h4-6,11-12,15H,7-10H2,1-3H3. The first-order chi connectivity index (χ1) is 12.3. The fraction of sp³-hybridized carbons (Fsp3) is 0.471. The minimum Gasteiger partial charge on any atom is -0.378 e. The number of hydrogen-bond acceptors (Lipinski definition) is 6. The van der Waals surface area contributed by atoms with Crippen molar-refractivity contribution in [1.29, 1.82) is 0 Å². The molecule has 2 aromatic rings. The van der Waals surface area contributed by atoms with E-state index in [4.69, 9.17) is 0 Å². The van der Waals surface area contributed by atoms with Gasteiger partial charge in [0, 0.05) is 45.5 Å². The number of likely N-dealkylation sites (tertiary alicyclic amines) is 1. The van der Waals surface area contributed by atoms with E-state index in [0.29, 0.717) is 31.5 Å². The Morgan fingerprint density at radius 1 is 1.23 bits per heavy atom. The molecule has 1 aliphatic heterocycles. The van der Waals surface area contributed by atoms with Gasteiger partial charge in [-0.05, 0) is 31.0 Å². The molecular formula is C17H23N5O3S. The zero-order valence-corrected chi connectivity index (χ0v) is 16.0. The third-order valence-electron chi connectivity index (χ3n) is 4.70. The normalized spacial score (nSPS) is 15.9. The number of carbonyl (C=O) groups excluding carboxylic acids is 1. The van der Waals surface area contributed by atoms with Gasteiger partial charge in [-0.1, -0.05) is 6.07 Å². The second-order valence-electron chi connectivity index (χ2n) is 6.71. The summed E-state index contributed by atoms with van der Waals surface area (Å²) in [6, 6.07) is 7.44. The van der Waals surface area contributed by atoms with Gasteiger partial charge >= 0.3 is 0 Å². The van der Waals surface area contributed by atoms with Gasteiger partial charge in [-0.15, -0.1) is 10.2 Å². The second-order valence-corrected chi connectivity index (χ2v) is 8.83. The highest BCUT2D eigenvalue weighted by atomic mass is 32.2. The van der Waals surface area contributed by atoms with Crippen LogP contribution in [0.1, 0.15) is 23.2 Å². The average Bonchev–Trinajstić information content (AvgIpc) is 3.08. The predicted octanol–water partition coefficient (Wildman–Crippen LogP) is 0.960. The maximum Gasteiger partial charge on any atom is 0.253 e. The average molecular weight is 377 g/mol. The molecule has 9 heteroatoms. The van der Waals surface area contributed by atoms with Crippen LogP contribution in [-0.2, 0) is 16.9 Å². The first-order valence-corrected chi connectivity index (χ1v) is 10.00. The van der Waals surface area contributed by atoms with E-state index in [9.17, 15) is 13.2 Å². The maximum atomic E-state index is 12.7. The number of piperidine rings is 1. The van der Waals surface area contributed by atoms with Crippen molar-refractivity contribution in [2.75, 3.05) is 32.1 Å². The Bertz CT molecular complexity index is 899. The van der Waals surface area contributed by atoms with Crippen LogP contribution >= 0.6 is 0 Å². The molecule has 0 bridgehead atoms. The molecule has 0 radical (unpaired) electrons. The molecular weight excluding hydrogens is 354 g/mol. The molecule has 1 aliphatic rings. The van der Waals surface area contributed by atoms with Crippen LogP contribution in [0.3, 0.4) is 0 Å². The molecule has 1 fully saturated rings. The topological polar surface area (TPSA) is 88.4 Å². The van der Waals surface area contributed by atoms with Gasteiger partial charge in [0.25, 0.3) is 5.91 Å². The van der Waals surface area contributed by atoms with Crippen molar-refractivity contribution in [2.24, 2.45) is 7.05 Å². The Hall–Kier alpha value is -2.42. The minimum atomic E-state index is -3.54. The van der Waals surface area contributed by atoms with E-state index in [1.807, 2.05) is 37.2 Å². The number of amides is 1. The number of carbonyl (C=O) groups is 1. The van der Waals surface area contributed by atoms with Crippen LogP contribution < -0.4 is 4.90 Å². The quantitative estimate of drug-likeness (QED) is 0.789. The van der Waals surface area contributed by atoms with Crippen LogP contribution in [0.25, 0.3) is 0 Å². The van der Waals surface area contributed by atoms with Crippen LogP contribution in [0.2, 0.25) is 0 Å². The summed E-state index contributed by atoms with van der Waals surface area (Å²) in [7, 11) is 1.92. The summed E-state index contributed by atoms with van der Waals surface area (Å²) in [6.45, 7) is 0.819. The van der Waals surface area contributed by atoms with Gasteiger partial charge in [-0.25, -0.2) is 8.42 Å². The van der Waals surface area contributed by atoms with Gasteiger partial charge in [-0.2, -0.15) is 0 Å². The number of sulfone groups is 1. The van der Waals surface area contributed by atoms with E-state index < -0.39 is 15.1 Å². The maximum absolute atomic E-state index is 12.7. The Labute approximate surface area is 153 Å². The Morgan fingerprint density at radius 3 is 2.50 bits per heavy atom. The molecule has 1 aromatic carbocycles. The number of anilines is 1. The molecule has 26 heavy (non-hydrogen) atoms. The first kappa shape index (κ1) is 18.4. The lowest BCUT2D eigenvalue weighted by Gasteiger charge is -2.31. The zero-order chi connectivity index (χ0) is 18.9. The molecule has 0 aliphatic carbocycles. The van der Waals surface area contributed by atoms with Crippen molar-refractivity contribution in [2.45, 2.75) is 23.2 Å². The van der Waals surface area contributed by atoms with Crippen LogP contribution in [0.15, 0.2) is 35.7 Å². The van der Waals surface area contributed by atoms with Gasteiger partial charge in [0.15, 0.2) is 0 Å². The van der Waals surface area contributed by atoms with Gasteiger partial charge < -0.3 is 14.4 Å². The van der Waals surface area contributed by atoms with Crippen molar-refractivity contribution in [1.82, 2.24) is 19.7 Å². The fourth-order valence-electron chi connectivity index (χ4n) is 3.15. The highest BCUT2D eigenvalue weighted by molar-refractivity contribution is 7.91. The summed E-state index contributed by atoms with van der Waals surface area (Å²) in [6.07, 6.45) is 2.17. The minimum absolute atomic E-state index is 0.0130. The molecule has 0 saturated carbocycles. The Kier molecular flexibility index (Phi) is 4.99. The highest BCUT2D eigenvalue weighted by Gasteiger charge is 2.35. The third-order valence-corrected chi connectivity index (χ3v) is 6.93. The summed E-state index contributed by atoms with van der Waals surface area (Å²) in [5, 5.41) is 6.83. The third kappa shape index (κ3) is 3.44. The van der Waals surface area contributed by atoms with Gasteiger partial charge in [0.2, 0.25) is 15.0 Å². The van der Waals surface area contributed by atoms with E-state index in [2.05, 4.69) is 10.2 Å². The summed E-state index contributed by atoms with van der Waals surface area (Å²) in [5.41, 5.74) is 1.57. The van der Waals surface area contributed by atoms with Crippen LogP contribution in [-0.4, -0.2) is 66.4 Å². The molecule has 0 N–H and O–H groups in total. The number of hydrogen-bond donors (Lipinski definition) is 0. The van der Waals surface area contributed by atoms with Crippen LogP contribution in [0.4, 0.5) is 5.69 Å². The van der Waals surface area contributed by atoms with Crippen molar-refractivity contribution in [3.8, 4) is 0 Å². The van der Waals surface area contributed by atoms with E-state index in [1.54, 1.807) is 18.0 Å². The van der Waals surface area contributed by atoms with Crippen molar-refractivity contribution in [3.63, 3.8) is 0 Å². The summed E-state index contributed by atoms with van der Waals surface area (Å²) < 4.78 is 26.8. The van der Waals surface area contributed by atoms with Gasteiger partial charge in [0.1, 0.15) is 6.33 Å². The molecule has 0 unspecified atom stereocenters. The lowest BCUT2D eigenvalue weighted by molar-refractivity contribution is 0.0725. The van der Waals surface area contributed by atoms with Crippen molar-refractivity contribution >= 4 is 21.4 Å². The van der Waals surface area contributed by atoms with E-state index in [1.165, 1.54) is 10.9 Å². The molecule has 0 spiro atoms. The van der Waals surface area contributed by atoms with Gasteiger partial charge in [0.05, 0.1) is 5.25 Å². The SMILES string of the molecule is CN(C)c1cccc(C(=O)N2CCC(S(=O)(=O)c3nncn3C)CC2)c1. The lowest BCUT2D eigenvalue weighted by Crippen LogP contribution is -2.42. The molecule has 1 amide bonds. The number of aryl methyl sites for hydroxylation is 1. The Balaban J connectivity index is 1.70. The van der Waals surface area contributed by atoms with E-state index >= 15 is 0 Å². The fourth-order valence-corrected chi connectivity index (χ4v) is 4.89. The molecule has 8 nitrogen and oxygen atoms in total. The van der Waals surface area contributed by atoms with Crippen molar-refractivity contribution in [3.05, 3.63) is 36.2 Å². The molecule has 0 atom stereocenters. The largest absolute Gasteiger partial charge is 0.378 e. The zero-order valence-electron chi connectivity index (χ0n) is 15.2. The van der Waals surface area contributed by atoms with Crippen LogP contribution in [0, 0.1) is 0 Å². The predicted molar refractivity (Wildman–Crippen MR) is 97.9 cm³/mol. The number of nitrogens with zero attached hydrogens (tertiary/aromatic N) is 5. The molecule has 1 saturated heterocycles. The summed E-state index contributed by atoms with van der Waals surface area (Å²) in [5.74, 6) is -0.0665. The van der Waals surface area contributed by atoms with Gasteiger partial charge in [-0.3, -0.25) is 4.79 Å². The number of benzene rings is 1. The number of aromatic nitrogens is 3. The van der Waals surface area contributed by atoms with E-state index in [0.717, 1.165) is 5.69 Å².